The molecule has 1 N–H and O–H groups in total. The van der Waals surface area contributed by atoms with Gasteiger partial charge in [0.2, 0.25) is 0 Å². The normalized spacial score (nSPS) is 13.0. The van der Waals surface area contributed by atoms with E-state index < -0.39 is 5.92 Å². The molecule has 0 aliphatic carbocycles. The Morgan fingerprint density at radius 3 is 2.42 bits per heavy atom. The zero-order valence-corrected chi connectivity index (χ0v) is 14.8. The molecule has 0 radical (unpaired) electrons. The van der Waals surface area contributed by atoms with Gasteiger partial charge in [-0.05, 0) is 35.1 Å². The van der Waals surface area contributed by atoms with E-state index in [1.807, 2.05) is 6.07 Å². The lowest BCUT2D eigenvalue weighted by Gasteiger charge is -2.17. The Hall–Kier alpha value is -1.74. The minimum atomic E-state index is -2.79. The van der Waals surface area contributed by atoms with Crippen LogP contribution in [0.4, 0.5) is 8.78 Å². The van der Waals surface area contributed by atoms with Crippen LogP contribution in [-0.4, -0.2) is 6.54 Å². The Morgan fingerprint density at radius 2 is 1.75 bits per heavy atom. The fraction of sp³-hybridized carbons (Fsp3) is 0.429. The number of hydrogen-bond donors (Lipinski definition) is 1. The third-order valence-electron chi connectivity index (χ3n) is 4.37. The predicted octanol–water partition coefficient (Wildman–Crippen LogP) is 5.64. The maximum absolute atomic E-state index is 13.5. The highest BCUT2D eigenvalue weighted by Gasteiger charge is 2.24. The Balaban J connectivity index is 1.95. The summed E-state index contributed by atoms with van der Waals surface area (Å²) in [6.45, 7) is 6.77. The number of alkyl halides is 2. The van der Waals surface area contributed by atoms with Crippen LogP contribution in [0.2, 0.25) is 0 Å². The van der Waals surface area contributed by atoms with Gasteiger partial charge < -0.3 is 5.32 Å². The zero-order valence-electron chi connectivity index (χ0n) is 14.8. The van der Waals surface area contributed by atoms with Crippen molar-refractivity contribution in [3.05, 3.63) is 70.8 Å². The van der Waals surface area contributed by atoms with Crippen LogP contribution in [0.3, 0.4) is 0 Å². The molecule has 0 aromatic heterocycles. The topological polar surface area (TPSA) is 12.0 Å². The molecule has 1 atom stereocenters. The standard InChI is InChI=1S/C21H27F2N/c1-4-8-17-9-5-6-10-19(17)15-24-14-16(2)18-11-7-12-20(13-18)21(3,22)23/h5-7,9-13,16,24H,4,8,14-15H2,1-3H3. The highest BCUT2D eigenvalue weighted by Crippen LogP contribution is 2.29. The Kier molecular flexibility index (Phi) is 6.50. The first-order chi connectivity index (χ1) is 11.4. The smallest absolute Gasteiger partial charge is 0.270 e. The van der Waals surface area contributed by atoms with Crippen LogP contribution in [0.1, 0.15) is 55.4 Å². The lowest BCUT2D eigenvalue weighted by Crippen LogP contribution is -2.20. The molecule has 0 spiro atoms. The summed E-state index contributed by atoms with van der Waals surface area (Å²) in [4.78, 5) is 0. The summed E-state index contributed by atoms with van der Waals surface area (Å²) in [7, 11) is 0. The van der Waals surface area contributed by atoms with Crippen LogP contribution < -0.4 is 5.32 Å². The van der Waals surface area contributed by atoms with Crippen LogP contribution in [0.5, 0.6) is 0 Å². The van der Waals surface area contributed by atoms with Gasteiger partial charge in [-0.1, -0.05) is 62.7 Å². The molecule has 0 amide bonds. The highest BCUT2D eigenvalue weighted by molar-refractivity contribution is 5.29. The average Bonchev–Trinajstić information content (AvgIpc) is 2.56. The molecule has 24 heavy (non-hydrogen) atoms. The SMILES string of the molecule is CCCc1ccccc1CNCC(C)c1cccc(C(C)(F)F)c1. The average molecular weight is 331 g/mol. The Bertz CT molecular complexity index is 646. The van der Waals surface area contributed by atoms with Crippen molar-refractivity contribution in [2.75, 3.05) is 6.54 Å². The van der Waals surface area contributed by atoms with Crippen molar-refractivity contribution >= 4 is 0 Å². The van der Waals surface area contributed by atoms with E-state index in [9.17, 15) is 8.78 Å². The van der Waals surface area contributed by atoms with Crippen molar-refractivity contribution in [2.45, 2.75) is 52.0 Å². The second kappa shape index (κ2) is 8.39. The van der Waals surface area contributed by atoms with Crippen molar-refractivity contribution < 1.29 is 8.78 Å². The van der Waals surface area contributed by atoms with E-state index in [1.165, 1.54) is 17.2 Å². The van der Waals surface area contributed by atoms with Crippen molar-refractivity contribution in [1.82, 2.24) is 5.32 Å². The number of nitrogens with one attached hydrogen (secondary N) is 1. The van der Waals surface area contributed by atoms with Crippen LogP contribution in [-0.2, 0) is 18.9 Å². The first kappa shape index (κ1) is 18.6. The second-order valence-electron chi connectivity index (χ2n) is 6.56. The molecular weight excluding hydrogens is 304 g/mol. The van der Waals surface area contributed by atoms with E-state index in [-0.39, 0.29) is 11.5 Å². The quantitative estimate of drug-likeness (QED) is 0.659. The molecule has 2 rings (SSSR count). The lowest BCUT2D eigenvalue weighted by molar-refractivity contribution is 0.0174. The summed E-state index contributed by atoms with van der Waals surface area (Å²) in [5.74, 6) is -2.60. The summed E-state index contributed by atoms with van der Waals surface area (Å²) >= 11 is 0. The van der Waals surface area contributed by atoms with E-state index in [4.69, 9.17) is 0 Å². The van der Waals surface area contributed by atoms with E-state index in [1.54, 1.807) is 12.1 Å². The van der Waals surface area contributed by atoms with Crippen molar-refractivity contribution in [3.63, 3.8) is 0 Å². The van der Waals surface area contributed by atoms with Gasteiger partial charge in [-0.15, -0.1) is 0 Å². The first-order valence-corrected chi connectivity index (χ1v) is 8.67. The Morgan fingerprint density at radius 1 is 1.04 bits per heavy atom. The van der Waals surface area contributed by atoms with Gasteiger partial charge in [0.25, 0.3) is 5.92 Å². The number of benzene rings is 2. The highest BCUT2D eigenvalue weighted by atomic mass is 19.3. The van der Waals surface area contributed by atoms with Gasteiger partial charge in [0.1, 0.15) is 0 Å². The maximum Gasteiger partial charge on any atom is 0.270 e. The van der Waals surface area contributed by atoms with Gasteiger partial charge in [0.15, 0.2) is 0 Å². The molecule has 2 aromatic rings. The minimum absolute atomic E-state index is 0.0835. The van der Waals surface area contributed by atoms with E-state index in [2.05, 4.69) is 43.4 Å². The number of hydrogen-bond acceptors (Lipinski definition) is 1. The fourth-order valence-corrected chi connectivity index (χ4v) is 2.90. The van der Waals surface area contributed by atoms with Crippen LogP contribution in [0.25, 0.3) is 0 Å². The molecule has 2 aromatic carbocycles. The van der Waals surface area contributed by atoms with Crippen molar-refractivity contribution in [3.8, 4) is 0 Å². The summed E-state index contributed by atoms with van der Waals surface area (Å²) in [6.07, 6.45) is 2.21. The first-order valence-electron chi connectivity index (χ1n) is 8.67. The summed E-state index contributed by atoms with van der Waals surface area (Å²) in [5.41, 5.74) is 3.73. The number of rotatable bonds is 8. The van der Waals surface area contributed by atoms with Crippen LogP contribution in [0.15, 0.2) is 48.5 Å². The lowest BCUT2D eigenvalue weighted by atomic mass is 9.97. The molecule has 1 nitrogen and oxygen atoms in total. The fourth-order valence-electron chi connectivity index (χ4n) is 2.90. The van der Waals surface area contributed by atoms with Gasteiger partial charge in [0, 0.05) is 25.6 Å². The molecule has 0 fully saturated rings. The minimum Gasteiger partial charge on any atom is -0.312 e. The number of halogens is 2. The zero-order chi connectivity index (χ0) is 17.6. The molecule has 0 bridgehead atoms. The van der Waals surface area contributed by atoms with Gasteiger partial charge in [-0.2, -0.15) is 0 Å². The van der Waals surface area contributed by atoms with E-state index in [0.717, 1.165) is 38.4 Å². The third kappa shape index (κ3) is 5.13. The van der Waals surface area contributed by atoms with E-state index >= 15 is 0 Å². The van der Waals surface area contributed by atoms with Crippen molar-refractivity contribution in [2.24, 2.45) is 0 Å². The summed E-state index contributed by atoms with van der Waals surface area (Å²) in [6, 6.07) is 15.2. The van der Waals surface area contributed by atoms with Crippen LogP contribution in [0, 0.1) is 0 Å². The van der Waals surface area contributed by atoms with Gasteiger partial charge in [0.05, 0.1) is 0 Å². The molecular formula is C21H27F2N. The monoisotopic (exact) mass is 331 g/mol. The van der Waals surface area contributed by atoms with Gasteiger partial charge in [-0.25, -0.2) is 8.78 Å². The third-order valence-corrected chi connectivity index (χ3v) is 4.37. The largest absolute Gasteiger partial charge is 0.312 e. The molecule has 0 saturated heterocycles. The molecule has 3 heteroatoms. The van der Waals surface area contributed by atoms with Gasteiger partial charge >= 0.3 is 0 Å². The number of aryl methyl sites for hydroxylation is 1. The molecule has 0 saturated carbocycles. The van der Waals surface area contributed by atoms with Crippen molar-refractivity contribution in [1.29, 1.82) is 0 Å². The maximum atomic E-state index is 13.5. The summed E-state index contributed by atoms with van der Waals surface area (Å²) in [5, 5.41) is 3.47. The van der Waals surface area contributed by atoms with Crippen LogP contribution >= 0.6 is 0 Å². The molecule has 0 aliphatic heterocycles. The Labute approximate surface area is 144 Å². The second-order valence-corrected chi connectivity index (χ2v) is 6.56. The van der Waals surface area contributed by atoms with E-state index in [0.29, 0.717) is 0 Å². The molecule has 130 valence electrons. The summed E-state index contributed by atoms with van der Waals surface area (Å²) < 4.78 is 26.9. The molecule has 0 heterocycles. The van der Waals surface area contributed by atoms with Gasteiger partial charge in [-0.3, -0.25) is 0 Å². The molecule has 1 unspecified atom stereocenters. The molecule has 0 aliphatic rings. The predicted molar refractivity (Wildman–Crippen MR) is 96.6 cm³/mol.